The SMILES string of the molecule is Cc1nn(-c2ccccc2)c2nc3c(c(C)nn3-c3ccccc3)c(-c3ccc(C#N)cc3)c12. The van der Waals surface area contributed by atoms with Gasteiger partial charge in [0.1, 0.15) is 0 Å². The van der Waals surface area contributed by atoms with Crippen molar-refractivity contribution in [3.05, 3.63) is 102 Å². The van der Waals surface area contributed by atoms with Crippen molar-refractivity contribution in [2.24, 2.45) is 0 Å². The van der Waals surface area contributed by atoms with Gasteiger partial charge in [-0.25, -0.2) is 14.3 Å². The number of para-hydroxylation sites is 2. The fraction of sp³-hybridized carbons (Fsp3) is 0.0714. The van der Waals surface area contributed by atoms with E-state index in [0.717, 1.165) is 56.0 Å². The van der Waals surface area contributed by atoms with Crippen molar-refractivity contribution in [2.45, 2.75) is 13.8 Å². The molecule has 0 aliphatic rings. The Balaban J connectivity index is 1.78. The zero-order chi connectivity index (χ0) is 23.2. The molecular formula is C28H20N6. The van der Waals surface area contributed by atoms with Gasteiger partial charge in [0.2, 0.25) is 0 Å². The van der Waals surface area contributed by atoms with Gasteiger partial charge in [0.05, 0.1) is 45.2 Å². The molecule has 6 rings (SSSR count). The summed E-state index contributed by atoms with van der Waals surface area (Å²) in [4.78, 5) is 5.14. The Morgan fingerprint density at radius 1 is 0.647 bits per heavy atom. The number of nitriles is 1. The summed E-state index contributed by atoms with van der Waals surface area (Å²) in [6.07, 6.45) is 0. The van der Waals surface area contributed by atoms with Crippen molar-refractivity contribution in [3.63, 3.8) is 0 Å². The average molecular weight is 441 g/mol. The topological polar surface area (TPSA) is 72.3 Å². The maximum absolute atomic E-state index is 9.30. The van der Waals surface area contributed by atoms with Crippen LogP contribution in [0.3, 0.4) is 0 Å². The van der Waals surface area contributed by atoms with Crippen LogP contribution in [0.15, 0.2) is 84.9 Å². The lowest BCUT2D eigenvalue weighted by molar-refractivity contribution is 0.863. The average Bonchev–Trinajstić information content (AvgIpc) is 3.41. The molecule has 6 nitrogen and oxygen atoms in total. The van der Waals surface area contributed by atoms with Gasteiger partial charge in [-0.1, -0.05) is 48.5 Å². The molecule has 3 aromatic carbocycles. The minimum absolute atomic E-state index is 0.624. The van der Waals surface area contributed by atoms with Gasteiger partial charge in [0.25, 0.3) is 0 Å². The molecule has 6 aromatic rings. The quantitative estimate of drug-likeness (QED) is 0.343. The van der Waals surface area contributed by atoms with Gasteiger partial charge in [-0.2, -0.15) is 15.5 Å². The summed E-state index contributed by atoms with van der Waals surface area (Å²) in [7, 11) is 0. The maximum atomic E-state index is 9.30. The van der Waals surface area contributed by atoms with Crippen LogP contribution < -0.4 is 0 Å². The Hall–Kier alpha value is -4.76. The molecule has 0 aliphatic heterocycles. The van der Waals surface area contributed by atoms with E-state index < -0.39 is 0 Å². The van der Waals surface area contributed by atoms with Gasteiger partial charge in [-0.15, -0.1) is 0 Å². The number of hydrogen-bond donors (Lipinski definition) is 0. The summed E-state index contributed by atoms with van der Waals surface area (Å²) >= 11 is 0. The first-order valence-corrected chi connectivity index (χ1v) is 11.1. The third-order valence-electron chi connectivity index (χ3n) is 6.09. The molecule has 0 unspecified atom stereocenters. The van der Waals surface area contributed by atoms with Gasteiger partial charge in [0, 0.05) is 5.56 Å². The summed E-state index contributed by atoms with van der Waals surface area (Å²) in [5.74, 6) is 0. The number of nitrogens with zero attached hydrogens (tertiary/aromatic N) is 6. The van der Waals surface area contributed by atoms with E-state index in [9.17, 15) is 5.26 Å². The van der Waals surface area contributed by atoms with Crippen LogP contribution in [0.5, 0.6) is 0 Å². The largest absolute Gasteiger partial charge is 0.214 e. The normalized spacial score (nSPS) is 11.2. The number of fused-ring (bicyclic) bond motifs is 2. The highest BCUT2D eigenvalue weighted by Crippen LogP contribution is 2.39. The van der Waals surface area contributed by atoms with Crippen molar-refractivity contribution in [3.8, 4) is 28.6 Å². The number of pyridine rings is 1. The molecule has 0 fully saturated rings. The first-order chi connectivity index (χ1) is 16.7. The Bertz CT molecular complexity index is 1600. The molecule has 162 valence electrons. The molecule has 3 aromatic heterocycles. The van der Waals surface area contributed by atoms with Crippen LogP contribution in [-0.2, 0) is 0 Å². The van der Waals surface area contributed by atoms with Gasteiger partial charge >= 0.3 is 0 Å². The van der Waals surface area contributed by atoms with Gasteiger partial charge in [-0.3, -0.25) is 0 Å². The number of benzene rings is 3. The first-order valence-electron chi connectivity index (χ1n) is 11.1. The van der Waals surface area contributed by atoms with Gasteiger partial charge < -0.3 is 0 Å². The summed E-state index contributed by atoms with van der Waals surface area (Å²) < 4.78 is 3.80. The lowest BCUT2D eigenvalue weighted by Crippen LogP contribution is -2.01. The Morgan fingerprint density at radius 3 is 1.56 bits per heavy atom. The van der Waals surface area contributed by atoms with E-state index in [4.69, 9.17) is 15.2 Å². The van der Waals surface area contributed by atoms with Crippen LogP contribution in [0, 0.1) is 25.2 Å². The highest BCUT2D eigenvalue weighted by molar-refractivity contribution is 6.10. The van der Waals surface area contributed by atoms with E-state index in [1.165, 1.54) is 0 Å². The molecule has 0 saturated carbocycles. The van der Waals surface area contributed by atoms with E-state index in [1.807, 2.05) is 108 Å². The lowest BCUT2D eigenvalue weighted by Gasteiger charge is -2.10. The fourth-order valence-corrected chi connectivity index (χ4v) is 4.55. The zero-order valence-corrected chi connectivity index (χ0v) is 18.8. The van der Waals surface area contributed by atoms with Crippen LogP contribution in [0.1, 0.15) is 17.0 Å². The summed E-state index contributed by atoms with van der Waals surface area (Å²) in [5, 5.41) is 21.0. The fourth-order valence-electron chi connectivity index (χ4n) is 4.55. The lowest BCUT2D eigenvalue weighted by atomic mass is 9.97. The number of hydrogen-bond acceptors (Lipinski definition) is 4. The van der Waals surface area contributed by atoms with Crippen molar-refractivity contribution in [1.29, 1.82) is 5.26 Å². The molecule has 0 radical (unpaired) electrons. The predicted octanol–water partition coefficient (Wildman–Crippen LogP) is 5.91. The zero-order valence-electron chi connectivity index (χ0n) is 18.8. The summed E-state index contributed by atoms with van der Waals surface area (Å²) in [6, 6.07) is 30.0. The molecule has 0 amide bonds. The first kappa shape index (κ1) is 19.9. The Labute approximate surface area is 196 Å². The van der Waals surface area contributed by atoms with E-state index in [-0.39, 0.29) is 0 Å². The maximum Gasteiger partial charge on any atom is 0.166 e. The molecule has 0 atom stereocenters. The summed E-state index contributed by atoms with van der Waals surface area (Å²) in [5.41, 5.74) is 7.87. The number of aryl methyl sites for hydroxylation is 2. The van der Waals surface area contributed by atoms with Crippen LogP contribution in [0.2, 0.25) is 0 Å². The molecule has 6 heteroatoms. The van der Waals surface area contributed by atoms with Crippen molar-refractivity contribution < 1.29 is 0 Å². The van der Waals surface area contributed by atoms with Crippen LogP contribution >= 0.6 is 0 Å². The molecule has 0 spiro atoms. The number of rotatable bonds is 3. The smallest absolute Gasteiger partial charge is 0.166 e. The number of aromatic nitrogens is 5. The van der Waals surface area contributed by atoms with E-state index in [2.05, 4.69) is 6.07 Å². The predicted molar refractivity (Wildman–Crippen MR) is 133 cm³/mol. The Kier molecular flexibility index (Phi) is 4.49. The monoisotopic (exact) mass is 440 g/mol. The van der Waals surface area contributed by atoms with Crippen molar-refractivity contribution >= 4 is 22.1 Å². The highest BCUT2D eigenvalue weighted by atomic mass is 15.3. The molecule has 0 bridgehead atoms. The molecule has 0 aliphatic carbocycles. The second-order valence-electron chi connectivity index (χ2n) is 8.24. The van der Waals surface area contributed by atoms with Crippen LogP contribution in [0.25, 0.3) is 44.6 Å². The Morgan fingerprint density at radius 2 is 1.12 bits per heavy atom. The second kappa shape index (κ2) is 7.68. The van der Waals surface area contributed by atoms with E-state index in [1.54, 1.807) is 0 Å². The van der Waals surface area contributed by atoms with Crippen LogP contribution in [-0.4, -0.2) is 24.5 Å². The van der Waals surface area contributed by atoms with Gasteiger partial charge in [0.15, 0.2) is 11.3 Å². The molecule has 0 saturated heterocycles. The molecule has 3 heterocycles. The second-order valence-corrected chi connectivity index (χ2v) is 8.24. The third kappa shape index (κ3) is 2.99. The summed E-state index contributed by atoms with van der Waals surface area (Å²) in [6.45, 7) is 4.03. The minimum atomic E-state index is 0.624. The van der Waals surface area contributed by atoms with Gasteiger partial charge in [-0.05, 0) is 55.8 Å². The molecule has 0 N–H and O–H groups in total. The molecular weight excluding hydrogens is 420 g/mol. The van der Waals surface area contributed by atoms with E-state index >= 15 is 0 Å². The minimum Gasteiger partial charge on any atom is -0.214 e. The van der Waals surface area contributed by atoms with Crippen molar-refractivity contribution in [2.75, 3.05) is 0 Å². The van der Waals surface area contributed by atoms with Crippen LogP contribution in [0.4, 0.5) is 0 Å². The van der Waals surface area contributed by atoms with Crippen molar-refractivity contribution in [1.82, 2.24) is 24.5 Å². The third-order valence-corrected chi connectivity index (χ3v) is 6.09. The standard InChI is InChI=1S/C28H20N6/c1-18-24-26(21-15-13-20(17-29)14-16-21)25-19(2)32-34(23-11-7-4-8-12-23)28(25)30-27(24)33(31-18)22-9-5-3-6-10-22/h3-16H,1-2H3. The molecule has 34 heavy (non-hydrogen) atoms. The highest BCUT2D eigenvalue weighted by Gasteiger charge is 2.23. The van der Waals surface area contributed by atoms with E-state index in [0.29, 0.717) is 5.56 Å².